The van der Waals surface area contributed by atoms with Gasteiger partial charge in [0.15, 0.2) is 11.5 Å². The average molecular weight is 435 g/mol. The summed E-state index contributed by atoms with van der Waals surface area (Å²) in [5.74, 6) is 0.807. The smallest absolute Gasteiger partial charge is 0.203 e. The van der Waals surface area contributed by atoms with Crippen LogP contribution in [0, 0.1) is 11.3 Å². The van der Waals surface area contributed by atoms with E-state index >= 15 is 0 Å². The molecule has 3 aromatic carbocycles. The van der Waals surface area contributed by atoms with E-state index in [4.69, 9.17) is 14.6 Å². The van der Waals surface area contributed by atoms with Crippen LogP contribution in [0.1, 0.15) is 15.9 Å². The molecule has 0 aliphatic heterocycles. The van der Waals surface area contributed by atoms with Gasteiger partial charge in [-0.1, -0.05) is 48.5 Å². The number of rotatable bonds is 7. The van der Waals surface area contributed by atoms with Crippen molar-refractivity contribution in [3.05, 3.63) is 102 Å². The Hall–Kier alpha value is -4.63. The second-order valence-corrected chi connectivity index (χ2v) is 7.15. The number of ketones is 1. The lowest BCUT2D eigenvalue weighted by Crippen LogP contribution is -2.01. The molecule has 0 aliphatic carbocycles. The summed E-state index contributed by atoms with van der Waals surface area (Å²) in [6.45, 7) is 0. The van der Waals surface area contributed by atoms with Crippen molar-refractivity contribution >= 4 is 11.9 Å². The predicted molar refractivity (Wildman–Crippen MR) is 126 cm³/mol. The molecule has 0 saturated carbocycles. The van der Waals surface area contributed by atoms with Gasteiger partial charge in [0.25, 0.3) is 0 Å². The molecule has 0 bridgehead atoms. The van der Waals surface area contributed by atoms with Gasteiger partial charge in [0, 0.05) is 22.9 Å². The molecule has 4 rings (SSSR count). The van der Waals surface area contributed by atoms with E-state index in [1.54, 1.807) is 61.5 Å². The molecule has 4 aromatic rings. The molecule has 1 aromatic heterocycles. The van der Waals surface area contributed by atoms with Gasteiger partial charge in [0.05, 0.1) is 19.9 Å². The molecular weight excluding hydrogens is 414 g/mol. The van der Waals surface area contributed by atoms with E-state index in [9.17, 15) is 10.1 Å². The summed E-state index contributed by atoms with van der Waals surface area (Å²) >= 11 is 0. The summed E-state index contributed by atoms with van der Waals surface area (Å²) in [7, 11) is 3.14. The SMILES string of the molecule is COc1ccc(-c2nn(-c3ccccc3)cc2C=C(C#N)C(=O)c2ccccc2)cc1OC. The molecule has 0 spiro atoms. The fourth-order valence-electron chi connectivity index (χ4n) is 3.46. The molecule has 0 atom stereocenters. The second kappa shape index (κ2) is 9.67. The Kier molecular flexibility index (Phi) is 6.33. The van der Waals surface area contributed by atoms with Crippen molar-refractivity contribution in [2.24, 2.45) is 0 Å². The summed E-state index contributed by atoms with van der Waals surface area (Å²) in [6, 6.07) is 25.9. The highest BCUT2D eigenvalue weighted by molar-refractivity contribution is 6.14. The Morgan fingerprint density at radius 3 is 2.24 bits per heavy atom. The lowest BCUT2D eigenvalue weighted by atomic mass is 10.0. The van der Waals surface area contributed by atoms with Gasteiger partial charge in [-0.05, 0) is 36.4 Å². The first kappa shape index (κ1) is 21.6. The minimum atomic E-state index is -0.344. The van der Waals surface area contributed by atoms with Gasteiger partial charge in [-0.2, -0.15) is 10.4 Å². The fraction of sp³-hybridized carbons (Fsp3) is 0.0741. The summed E-state index contributed by atoms with van der Waals surface area (Å²) < 4.78 is 12.5. The number of hydrogen-bond donors (Lipinski definition) is 0. The zero-order valence-electron chi connectivity index (χ0n) is 18.2. The molecule has 6 heteroatoms. The van der Waals surface area contributed by atoms with Crippen LogP contribution in [-0.2, 0) is 0 Å². The Labute approximate surface area is 191 Å². The first-order valence-electron chi connectivity index (χ1n) is 10.2. The van der Waals surface area contributed by atoms with Gasteiger partial charge >= 0.3 is 0 Å². The van der Waals surface area contributed by atoms with Crippen molar-refractivity contribution in [2.75, 3.05) is 14.2 Å². The number of aromatic nitrogens is 2. The third kappa shape index (κ3) is 4.53. The molecule has 0 aliphatic rings. The standard InChI is InChI=1S/C27H21N3O3/c1-32-24-14-13-20(16-25(24)33-2)26-22(18-30(29-26)23-11-7-4-8-12-23)15-21(17-28)27(31)19-9-5-3-6-10-19/h3-16,18H,1-2H3. The Morgan fingerprint density at radius 1 is 0.939 bits per heavy atom. The van der Waals surface area contributed by atoms with Crippen LogP contribution >= 0.6 is 0 Å². The van der Waals surface area contributed by atoms with Crippen molar-refractivity contribution in [2.45, 2.75) is 0 Å². The first-order chi connectivity index (χ1) is 16.1. The molecule has 33 heavy (non-hydrogen) atoms. The zero-order valence-corrected chi connectivity index (χ0v) is 18.2. The maximum Gasteiger partial charge on any atom is 0.203 e. The van der Waals surface area contributed by atoms with Crippen molar-refractivity contribution in [3.8, 4) is 34.5 Å². The highest BCUT2D eigenvalue weighted by atomic mass is 16.5. The molecule has 6 nitrogen and oxygen atoms in total. The molecular formula is C27H21N3O3. The number of carbonyl (C=O) groups excluding carboxylic acids is 1. The molecule has 0 radical (unpaired) electrons. The third-order valence-electron chi connectivity index (χ3n) is 5.12. The fourth-order valence-corrected chi connectivity index (χ4v) is 3.46. The van der Waals surface area contributed by atoms with E-state index in [-0.39, 0.29) is 11.4 Å². The molecule has 0 amide bonds. The van der Waals surface area contributed by atoms with Crippen LogP contribution in [0.2, 0.25) is 0 Å². The van der Waals surface area contributed by atoms with E-state index in [0.29, 0.717) is 28.3 Å². The number of Topliss-reactive ketones (excluding diaryl/α,β-unsaturated/α-hetero) is 1. The number of para-hydroxylation sites is 1. The van der Waals surface area contributed by atoms with Crippen LogP contribution in [0.5, 0.6) is 11.5 Å². The number of benzene rings is 3. The average Bonchev–Trinajstić information content (AvgIpc) is 3.31. The predicted octanol–water partition coefficient (Wildman–Crippen LogP) is 5.35. The Bertz CT molecular complexity index is 1350. The molecule has 0 unspecified atom stereocenters. The van der Waals surface area contributed by atoms with Gasteiger partial charge < -0.3 is 9.47 Å². The molecule has 0 saturated heterocycles. The number of nitriles is 1. The van der Waals surface area contributed by atoms with Crippen LogP contribution in [0.4, 0.5) is 0 Å². The first-order valence-corrected chi connectivity index (χ1v) is 10.2. The highest BCUT2D eigenvalue weighted by Crippen LogP contribution is 2.34. The van der Waals surface area contributed by atoms with Crippen LogP contribution in [0.15, 0.2) is 90.6 Å². The molecule has 162 valence electrons. The molecule has 0 fully saturated rings. The number of hydrogen-bond acceptors (Lipinski definition) is 5. The van der Waals surface area contributed by atoms with E-state index in [2.05, 4.69) is 0 Å². The number of allylic oxidation sites excluding steroid dienone is 1. The normalized spacial score (nSPS) is 11.0. The second-order valence-electron chi connectivity index (χ2n) is 7.15. The quantitative estimate of drug-likeness (QED) is 0.222. The largest absolute Gasteiger partial charge is 0.493 e. The summed E-state index contributed by atoms with van der Waals surface area (Å²) in [6.07, 6.45) is 3.38. The van der Waals surface area contributed by atoms with Crippen LogP contribution in [0.3, 0.4) is 0 Å². The van der Waals surface area contributed by atoms with Crippen LogP contribution in [0.25, 0.3) is 23.0 Å². The topological polar surface area (TPSA) is 77.1 Å². The van der Waals surface area contributed by atoms with Crippen LogP contribution < -0.4 is 9.47 Å². The van der Waals surface area contributed by atoms with Gasteiger partial charge in [0.1, 0.15) is 17.3 Å². The monoisotopic (exact) mass is 435 g/mol. The summed E-state index contributed by atoms with van der Waals surface area (Å²) in [5.41, 5.74) is 3.33. The van der Waals surface area contributed by atoms with E-state index < -0.39 is 0 Å². The van der Waals surface area contributed by atoms with Gasteiger partial charge in [-0.25, -0.2) is 4.68 Å². The van der Waals surface area contributed by atoms with E-state index in [1.165, 1.54) is 0 Å². The van der Waals surface area contributed by atoms with Gasteiger partial charge in [-0.15, -0.1) is 0 Å². The highest BCUT2D eigenvalue weighted by Gasteiger charge is 2.17. The maximum atomic E-state index is 12.9. The number of carbonyl (C=O) groups is 1. The maximum absolute atomic E-state index is 12.9. The number of methoxy groups -OCH3 is 2. The van der Waals surface area contributed by atoms with Crippen molar-refractivity contribution in [1.82, 2.24) is 9.78 Å². The lowest BCUT2D eigenvalue weighted by molar-refractivity contribution is 0.104. The number of ether oxygens (including phenoxy) is 2. The summed E-state index contributed by atoms with van der Waals surface area (Å²) in [4.78, 5) is 12.9. The summed E-state index contributed by atoms with van der Waals surface area (Å²) in [5, 5.41) is 14.5. The Morgan fingerprint density at radius 2 is 1.61 bits per heavy atom. The number of nitrogens with zero attached hydrogens (tertiary/aromatic N) is 3. The van der Waals surface area contributed by atoms with Gasteiger partial charge in [-0.3, -0.25) is 4.79 Å². The van der Waals surface area contributed by atoms with Crippen molar-refractivity contribution < 1.29 is 14.3 Å². The lowest BCUT2D eigenvalue weighted by Gasteiger charge is -2.09. The molecule has 0 N–H and O–H groups in total. The van der Waals surface area contributed by atoms with E-state index in [0.717, 1.165) is 11.3 Å². The minimum Gasteiger partial charge on any atom is -0.493 e. The van der Waals surface area contributed by atoms with Crippen molar-refractivity contribution in [3.63, 3.8) is 0 Å². The Balaban J connectivity index is 1.86. The van der Waals surface area contributed by atoms with Crippen molar-refractivity contribution in [1.29, 1.82) is 5.26 Å². The molecule has 1 heterocycles. The third-order valence-corrected chi connectivity index (χ3v) is 5.12. The zero-order chi connectivity index (χ0) is 23.2. The van der Waals surface area contributed by atoms with E-state index in [1.807, 2.05) is 54.6 Å². The minimum absolute atomic E-state index is 0.0236. The van der Waals surface area contributed by atoms with Gasteiger partial charge in [0.2, 0.25) is 5.78 Å². The van der Waals surface area contributed by atoms with Crippen LogP contribution in [-0.4, -0.2) is 29.8 Å².